The van der Waals surface area contributed by atoms with Crippen LogP contribution in [-0.2, 0) is 4.79 Å². The first-order valence-electron chi connectivity index (χ1n) is 9.03. The van der Waals surface area contributed by atoms with Crippen LogP contribution < -0.4 is 10.2 Å². The van der Waals surface area contributed by atoms with Crippen LogP contribution in [-0.4, -0.2) is 10.8 Å². The van der Waals surface area contributed by atoms with Gasteiger partial charge in [0.15, 0.2) is 6.17 Å². The second-order valence-corrected chi connectivity index (χ2v) is 7.92. The fourth-order valence-corrected chi connectivity index (χ4v) is 4.02. The molecule has 11 heteroatoms. The first kappa shape index (κ1) is 21.8. The number of hydrogen-bond acceptors (Lipinski definition) is 7. The van der Waals surface area contributed by atoms with Crippen molar-refractivity contribution in [2.24, 2.45) is 0 Å². The molecule has 4 rings (SSSR count). The summed E-state index contributed by atoms with van der Waals surface area (Å²) in [7, 11) is 0. The number of rotatable bonds is 4. The highest BCUT2D eigenvalue weighted by molar-refractivity contribution is 7.84. The van der Waals surface area contributed by atoms with E-state index in [0.29, 0.717) is 27.8 Å². The average Bonchev–Trinajstić information content (AvgIpc) is 3.24. The normalized spacial score (nSPS) is 16.0. The molecule has 0 saturated heterocycles. The van der Waals surface area contributed by atoms with E-state index in [1.54, 1.807) is 41.3 Å². The lowest BCUT2D eigenvalue weighted by atomic mass is 10.1. The van der Waals surface area contributed by atoms with Crippen molar-refractivity contribution in [2.45, 2.75) is 6.17 Å². The van der Waals surface area contributed by atoms with Gasteiger partial charge in [-0.2, -0.15) is 5.26 Å². The molecule has 3 aromatic rings. The Labute approximate surface area is 197 Å². The third-order valence-corrected chi connectivity index (χ3v) is 5.75. The van der Waals surface area contributed by atoms with Gasteiger partial charge in [0.25, 0.3) is 11.6 Å². The van der Waals surface area contributed by atoms with E-state index in [4.69, 9.17) is 27.6 Å². The van der Waals surface area contributed by atoms with E-state index in [2.05, 4.69) is 17.9 Å². The van der Waals surface area contributed by atoms with Crippen LogP contribution in [0.15, 0.2) is 69.6 Å². The second-order valence-electron chi connectivity index (χ2n) is 6.66. The van der Waals surface area contributed by atoms with Crippen molar-refractivity contribution in [3.05, 3.63) is 91.1 Å². The van der Waals surface area contributed by atoms with Crippen molar-refractivity contribution in [1.82, 2.24) is 5.32 Å². The number of hydrogen-bond donors (Lipinski definition) is 2. The van der Waals surface area contributed by atoms with E-state index in [1.807, 2.05) is 6.07 Å². The molecule has 2 heterocycles. The lowest BCUT2D eigenvalue weighted by Crippen LogP contribution is -2.45. The van der Waals surface area contributed by atoms with Gasteiger partial charge in [-0.15, -0.1) is 12.6 Å². The average molecular weight is 487 g/mol. The Bertz CT molecular complexity index is 1310. The number of carbonyl (C=O) groups is 1. The maximum Gasteiger partial charge on any atom is 0.270 e. The maximum atomic E-state index is 12.5. The first-order valence-corrected chi connectivity index (χ1v) is 10.2. The molecule has 0 bridgehead atoms. The molecule has 1 N–H and O–H groups in total. The summed E-state index contributed by atoms with van der Waals surface area (Å²) in [5, 5.41) is 23.9. The molecule has 2 aromatic carbocycles. The lowest BCUT2D eigenvalue weighted by molar-refractivity contribution is -0.384. The fraction of sp³-hybridized carbons (Fsp3) is 0.0476. The van der Waals surface area contributed by atoms with Gasteiger partial charge in [-0.3, -0.25) is 14.9 Å². The zero-order valence-corrected chi connectivity index (χ0v) is 18.4. The number of amides is 1. The molecule has 1 aromatic heterocycles. The summed E-state index contributed by atoms with van der Waals surface area (Å²) in [6.45, 7) is 0. The van der Waals surface area contributed by atoms with Gasteiger partial charge in [0.2, 0.25) is 0 Å². The summed E-state index contributed by atoms with van der Waals surface area (Å²) in [5.74, 6) is 0.0845. The molecule has 1 amide bonds. The molecule has 0 fully saturated rings. The third kappa shape index (κ3) is 3.91. The predicted octanol–water partition coefficient (Wildman–Crippen LogP) is 5.46. The summed E-state index contributed by atoms with van der Waals surface area (Å²) in [4.78, 5) is 24.5. The van der Waals surface area contributed by atoms with Crippen LogP contribution in [0.1, 0.15) is 11.9 Å². The van der Waals surface area contributed by atoms with Crippen molar-refractivity contribution in [3.63, 3.8) is 0 Å². The van der Waals surface area contributed by atoms with Gasteiger partial charge < -0.3 is 14.6 Å². The Balaban J connectivity index is 1.77. The highest BCUT2D eigenvalue weighted by atomic mass is 35.5. The molecule has 160 valence electrons. The molecular weight excluding hydrogens is 475 g/mol. The molecule has 1 unspecified atom stereocenters. The summed E-state index contributed by atoms with van der Waals surface area (Å²) in [5.41, 5.74) is 0.768. The molecule has 0 aliphatic carbocycles. The van der Waals surface area contributed by atoms with Crippen molar-refractivity contribution in [3.8, 4) is 17.4 Å². The minimum atomic E-state index is -0.821. The Kier molecular flexibility index (Phi) is 5.84. The van der Waals surface area contributed by atoms with E-state index in [9.17, 15) is 20.2 Å². The van der Waals surface area contributed by atoms with Crippen molar-refractivity contribution >= 4 is 53.1 Å². The topological polar surface area (TPSA) is 112 Å². The van der Waals surface area contributed by atoms with E-state index in [1.165, 1.54) is 18.2 Å². The highest BCUT2D eigenvalue weighted by Gasteiger charge is 2.36. The van der Waals surface area contributed by atoms with Gasteiger partial charge in [0, 0.05) is 28.4 Å². The monoisotopic (exact) mass is 486 g/mol. The minimum absolute atomic E-state index is 0.142. The van der Waals surface area contributed by atoms with Gasteiger partial charge in [0.05, 0.1) is 15.0 Å². The third-order valence-electron chi connectivity index (χ3n) is 4.75. The van der Waals surface area contributed by atoms with Gasteiger partial charge in [-0.1, -0.05) is 23.2 Å². The van der Waals surface area contributed by atoms with Crippen LogP contribution in [0.3, 0.4) is 0 Å². The number of nitro groups is 1. The number of nitriles is 1. The molecule has 8 nitrogen and oxygen atoms in total. The SMILES string of the molecule is N#CC1=C(S)N(c2ccc(Cl)cc2)C(c2ccc(-c3ccc([N+](=O)[O-])cc3Cl)o2)NC1=O. The van der Waals surface area contributed by atoms with Crippen molar-refractivity contribution < 1.29 is 14.1 Å². The number of thiol groups is 1. The zero-order valence-electron chi connectivity index (χ0n) is 16.0. The largest absolute Gasteiger partial charge is 0.457 e. The number of nitrogens with zero attached hydrogens (tertiary/aromatic N) is 3. The summed E-state index contributed by atoms with van der Waals surface area (Å²) in [6.07, 6.45) is -0.821. The van der Waals surface area contributed by atoms with Crippen LogP contribution in [0.2, 0.25) is 10.0 Å². The van der Waals surface area contributed by atoms with Crippen molar-refractivity contribution in [1.29, 1.82) is 5.26 Å². The van der Waals surface area contributed by atoms with Crippen LogP contribution >= 0.6 is 35.8 Å². The Hall–Kier alpha value is -3.45. The molecule has 0 saturated carbocycles. The molecule has 32 heavy (non-hydrogen) atoms. The van der Waals surface area contributed by atoms with Gasteiger partial charge in [-0.25, -0.2) is 0 Å². The van der Waals surface area contributed by atoms with E-state index >= 15 is 0 Å². The van der Waals surface area contributed by atoms with Crippen LogP contribution in [0.25, 0.3) is 11.3 Å². The van der Waals surface area contributed by atoms with E-state index < -0.39 is 17.0 Å². The molecule has 0 radical (unpaired) electrons. The van der Waals surface area contributed by atoms with E-state index in [-0.39, 0.29) is 21.3 Å². The van der Waals surface area contributed by atoms with Gasteiger partial charge in [-0.05, 0) is 42.5 Å². The van der Waals surface area contributed by atoms with Gasteiger partial charge in [0.1, 0.15) is 23.2 Å². The standard InChI is InChI=1S/C21H12Cl2N4O4S/c22-11-1-3-12(4-2-11)26-19(25-20(28)15(10-24)21(26)32)18-8-7-17(31-18)14-6-5-13(27(29)30)9-16(14)23/h1-9,19,32H,(H,25,28). The fourth-order valence-electron chi connectivity index (χ4n) is 3.24. The van der Waals surface area contributed by atoms with Crippen LogP contribution in [0.5, 0.6) is 0 Å². The number of non-ortho nitro benzene ring substituents is 1. The Morgan fingerprint density at radius 1 is 1.16 bits per heavy atom. The molecule has 1 aliphatic rings. The number of benzene rings is 2. The highest BCUT2D eigenvalue weighted by Crippen LogP contribution is 2.39. The summed E-state index contributed by atoms with van der Waals surface area (Å²) < 4.78 is 5.96. The molecule has 1 aliphatic heterocycles. The van der Waals surface area contributed by atoms with Crippen molar-refractivity contribution in [2.75, 3.05) is 4.90 Å². The minimum Gasteiger partial charge on any atom is -0.457 e. The smallest absolute Gasteiger partial charge is 0.270 e. The Morgan fingerprint density at radius 3 is 2.50 bits per heavy atom. The molecular formula is C21H12Cl2N4O4S. The molecule has 0 spiro atoms. The van der Waals surface area contributed by atoms with Crippen LogP contribution in [0, 0.1) is 21.4 Å². The number of halogens is 2. The molecule has 1 atom stereocenters. The number of carbonyl (C=O) groups excluding carboxylic acids is 1. The first-order chi connectivity index (χ1) is 15.3. The quantitative estimate of drug-likeness (QED) is 0.287. The van der Waals surface area contributed by atoms with Crippen LogP contribution in [0.4, 0.5) is 11.4 Å². The number of nitrogens with one attached hydrogen (secondary N) is 1. The maximum absolute atomic E-state index is 12.5. The summed E-state index contributed by atoms with van der Waals surface area (Å²) >= 11 is 16.6. The van der Waals surface area contributed by atoms with Gasteiger partial charge >= 0.3 is 0 Å². The predicted molar refractivity (Wildman–Crippen MR) is 122 cm³/mol. The summed E-state index contributed by atoms with van der Waals surface area (Å²) in [6, 6.07) is 15.9. The second kappa shape index (κ2) is 8.59. The zero-order chi connectivity index (χ0) is 23.0. The van der Waals surface area contributed by atoms with E-state index in [0.717, 1.165) is 0 Å². The number of furan rings is 1. The lowest BCUT2D eigenvalue weighted by Gasteiger charge is -2.36. The number of anilines is 1. The Morgan fingerprint density at radius 2 is 1.88 bits per heavy atom. The number of nitro benzene ring substituents is 1.